The molecule has 1 aromatic heterocycles. The number of carbonyl (C=O) groups excluding carboxylic acids is 2. The maximum absolute atomic E-state index is 12.0. The van der Waals surface area contributed by atoms with E-state index in [1.54, 1.807) is 6.07 Å². The molecule has 0 atom stereocenters. The second kappa shape index (κ2) is 8.48. The summed E-state index contributed by atoms with van der Waals surface area (Å²) in [5, 5.41) is 7.62. The lowest BCUT2D eigenvalue weighted by molar-refractivity contribution is -0.120. The van der Waals surface area contributed by atoms with Crippen LogP contribution in [0.5, 0.6) is 0 Å². The number of benzene rings is 1. The first-order chi connectivity index (χ1) is 11.1. The fourth-order valence-corrected chi connectivity index (χ4v) is 2.88. The molecule has 0 radical (unpaired) electrons. The molecule has 0 spiro atoms. The number of carbonyl (C=O) groups is 2. The molecule has 2 rings (SSSR count). The van der Waals surface area contributed by atoms with Crippen LogP contribution in [0.25, 0.3) is 0 Å². The summed E-state index contributed by atoms with van der Waals surface area (Å²) in [7, 11) is 0. The summed E-state index contributed by atoms with van der Waals surface area (Å²) >= 11 is 1.42. The van der Waals surface area contributed by atoms with Gasteiger partial charge >= 0.3 is 0 Å². The maximum atomic E-state index is 12.0. The van der Waals surface area contributed by atoms with Gasteiger partial charge in [-0.3, -0.25) is 9.59 Å². The Hall–Kier alpha value is -2.14. The van der Waals surface area contributed by atoms with Crippen LogP contribution in [0, 0.1) is 13.8 Å². The lowest BCUT2D eigenvalue weighted by Gasteiger charge is -2.09. The van der Waals surface area contributed by atoms with Crippen LogP contribution in [-0.2, 0) is 11.2 Å². The summed E-state index contributed by atoms with van der Waals surface area (Å²) in [5.74, 6) is -0.0370. The summed E-state index contributed by atoms with van der Waals surface area (Å²) < 4.78 is 0. The molecule has 1 heterocycles. The summed E-state index contributed by atoms with van der Waals surface area (Å²) in [6.07, 6.45) is 1.12. The quantitative estimate of drug-likeness (QED) is 0.767. The molecule has 0 aliphatic carbocycles. The topological polar surface area (TPSA) is 58.2 Å². The lowest BCUT2D eigenvalue weighted by atomic mass is 10.0. The van der Waals surface area contributed by atoms with E-state index >= 15 is 0 Å². The van der Waals surface area contributed by atoms with Gasteiger partial charge in [0.05, 0.1) is 11.3 Å². The zero-order valence-electron chi connectivity index (χ0n) is 13.5. The van der Waals surface area contributed by atoms with E-state index in [-0.39, 0.29) is 11.8 Å². The molecule has 0 aliphatic heterocycles. The molecule has 0 saturated carbocycles. The predicted molar refractivity (Wildman–Crippen MR) is 93.9 cm³/mol. The molecule has 2 N–H and O–H groups in total. The minimum Gasteiger partial charge on any atom is -0.356 e. The standard InChI is InChI=1S/C18H22N2O2S/c1-13-6-7-14(2)15(11-13)12-17(21)19-8-4-9-20-18(22)16-5-3-10-23-16/h3,5-7,10-11H,4,8-9,12H2,1-2H3,(H,19,21)(H,20,22). The summed E-state index contributed by atoms with van der Waals surface area (Å²) in [6.45, 7) is 5.16. The second-order valence-electron chi connectivity index (χ2n) is 5.54. The number of aryl methyl sites for hydroxylation is 2. The molecule has 4 nitrogen and oxygen atoms in total. The first-order valence-corrected chi connectivity index (χ1v) is 8.59. The molecule has 23 heavy (non-hydrogen) atoms. The molecule has 122 valence electrons. The summed E-state index contributed by atoms with van der Waals surface area (Å²) in [6, 6.07) is 9.79. The van der Waals surface area contributed by atoms with Gasteiger partial charge in [0, 0.05) is 13.1 Å². The first-order valence-electron chi connectivity index (χ1n) is 7.71. The Bertz CT molecular complexity index is 666. The molecule has 0 saturated heterocycles. The van der Waals surface area contributed by atoms with Gasteiger partial charge in [0.25, 0.3) is 5.91 Å². The minimum absolute atomic E-state index is 0.0169. The smallest absolute Gasteiger partial charge is 0.261 e. The van der Waals surface area contributed by atoms with Gasteiger partial charge in [-0.25, -0.2) is 0 Å². The van der Waals surface area contributed by atoms with Gasteiger partial charge in [-0.15, -0.1) is 11.3 Å². The average Bonchev–Trinajstić information content (AvgIpc) is 3.05. The van der Waals surface area contributed by atoms with E-state index in [9.17, 15) is 9.59 Å². The van der Waals surface area contributed by atoms with Crippen LogP contribution in [-0.4, -0.2) is 24.9 Å². The third-order valence-electron chi connectivity index (χ3n) is 3.56. The number of hydrogen-bond donors (Lipinski definition) is 2. The number of thiophene rings is 1. The molecular weight excluding hydrogens is 308 g/mol. The van der Waals surface area contributed by atoms with Gasteiger partial charge in [-0.05, 0) is 42.8 Å². The predicted octanol–water partition coefficient (Wildman–Crippen LogP) is 2.84. The number of nitrogens with one attached hydrogen (secondary N) is 2. The summed E-state index contributed by atoms with van der Waals surface area (Å²) in [5.41, 5.74) is 3.36. The fourth-order valence-electron chi connectivity index (χ4n) is 2.24. The molecule has 2 aromatic rings. The Morgan fingerprint density at radius 1 is 1.09 bits per heavy atom. The van der Waals surface area contributed by atoms with Gasteiger partial charge in [-0.1, -0.05) is 29.8 Å². The van der Waals surface area contributed by atoms with Crippen molar-refractivity contribution in [3.8, 4) is 0 Å². The molecule has 0 bridgehead atoms. The van der Waals surface area contributed by atoms with Gasteiger partial charge in [0.15, 0.2) is 0 Å². The molecule has 2 amide bonds. The largest absolute Gasteiger partial charge is 0.356 e. The molecule has 0 aliphatic rings. The van der Waals surface area contributed by atoms with E-state index in [0.29, 0.717) is 24.4 Å². The highest BCUT2D eigenvalue weighted by molar-refractivity contribution is 7.12. The molecule has 1 aromatic carbocycles. The Balaban J connectivity index is 1.65. The van der Waals surface area contributed by atoms with Crippen LogP contribution in [0.2, 0.25) is 0 Å². The number of rotatable bonds is 7. The van der Waals surface area contributed by atoms with Crippen molar-refractivity contribution in [3.05, 3.63) is 57.3 Å². The molecule has 5 heteroatoms. The van der Waals surface area contributed by atoms with E-state index in [0.717, 1.165) is 23.1 Å². The summed E-state index contributed by atoms with van der Waals surface area (Å²) in [4.78, 5) is 24.4. The molecule has 0 unspecified atom stereocenters. The number of hydrogen-bond acceptors (Lipinski definition) is 3. The van der Waals surface area contributed by atoms with E-state index in [1.165, 1.54) is 11.3 Å². The third-order valence-corrected chi connectivity index (χ3v) is 4.43. The third kappa shape index (κ3) is 5.53. The van der Waals surface area contributed by atoms with Crippen LogP contribution in [0.1, 0.15) is 32.8 Å². The van der Waals surface area contributed by atoms with Gasteiger partial charge in [0.2, 0.25) is 5.91 Å². The lowest BCUT2D eigenvalue weighted by Crippen LogP contribution is -2.30. The van der Waals surface area contributed by atoms with Gasteiger partial charge < -0.3 is 10.6 Å². The van der Waals surface area contributed by atoms with Crippen molar-refractivity contribution in [1.29, 1.82) is 0 Å². The second-order valence-corrected chi connectivity index (χ2v) is 6.49. The van der Waals surface area contributed by atoms with Crippen molar-refractivity contribution in [2.75, 3.05) is 13.1 Å². The Kier molecular flexibility index (Phi) is 6.35. The minimum atomic E-state index is -0.0540. The van der Waals surface area contributed by atoms with Crippen molar-refractivity contribution in [2.45, 2.75) is 26.7 Å². The van der Waals surface area contributed by atoms with E-state index in [4.69, 9.17) is 0 Å². The van der Waals surface area contributed by atoms with E-state index < -0.39 is 0 Å². The Labute approximate surface area is 140 Å². The van der Waals surface area contributed by atoms with Gasteiger partial charge in [-0.2, -0.15) is 0 Å². The number of amides is 2. The highest BCUT2D eigenvalue weighted by Crippen LogP contribution is 2.11. The zero-order valence-corrected chi connectivity index (χ0v) is 14.3. The normalized spacial score (nSPS) is 10.3. The van der Waals surface area contributed by atoms with Crippen molar-refractivity contribution in [2.24, 2.45) is 0 Å². The van der Waals surface area contributed by atoms with E-state index in [1.807, 2.05) is 37.4 Å². The van der Waals surface area contributed by atoms with Gasteiger partial charge in [0.1, 0.15) is 0 Å². The fraction of sp³-hybridized carbons (Fsp3) is 0.333. The van der Waals surface area contributed by atoms with Crippen LogP contribution in [0.15, 0.2) is 35.7 Å². The molecular formula is C18H22N2O2S. The maximum Gasteiger partial charge on any atom is 0.261 e. The Morgan fingerprint density at radius 3 is 2.61 bits per heavy atom. The van der Waals surface area contributed by atoms with E-state index in [2.05, 4.69) is 16.7 Å². The van der Waals surface area contributed by atoms with Crippen LogP contribution in [0.4, 0.5) is 0 Å². The Morgan fingerprint density at radius 2 is 1.87 bits per heavy atom. The zero-order chi connectivity index (χ0) is 16.7. The highest BCUT2D eigenvalue weighted by Gasteiger charge is 2.07. The molecule has 0 fully saturated rings. The SMILES string of the molecule is Cc1ccc(C)c(CC(=O)NCCCNC(=O)c2cccs2)c1. The van der Waals surface area contributed by atoms with Crippen molar-refractivity contribution >= 4 is 23.2 Å². The van der Waals surface area contributed by atoms with Crippen LogP contribution >= 0.6 is 11.3 Å². The van der Waals surface area contributed by atoms with Crippen LogP contribution < -0.4 is 10.6 Å². The van der Waals surface area contributed by atoms with Crippen molar-refractivity contribution in [3.63, 3.8) is 0 Å². The monoisotopic (exact) mass is 330 g/mol. The average molecular weight is 330 g/mol. The highest BCUT2D eigenvalue weighted by atomic mass is 32.1. The van der Waals surface area contributed by atoms with Crippen LogP contribution in [0.3, 0.4) is 0 Å². The first kappa shape index (κ1) is 17.2. The van der Waals surface area contributed by atoms with Crippen molar-refractivity contribution < 1.29 is 9.59 Å². The van der Waals surface area contributed by atoms with Crippen molar-refractivity contribution in [1.82, 2.24) is 10.6 Å².